The molecule has 10 heteroatoms. The van der Waals surface area contributed by atoms with Crippen molar-refractivity contribution in [2.45, 2.75) is 52.7 Å². The lowest BCUT2D eigenvalue weighted by Gasteiger charge is -2.19. The lowest BCUT2D eigenvalue weighted by Crippen LogP contribution is -2.27. The van der Waals surface area contributed by atoms with Crippen LogP contribution < -0.4 is 10.6 Å². The van der Waals surface area contributed by atoms with Gasteiger partial charge in [0.1, 0.15) is 22.7 Å². The minimum Gasteiger partial charge on any atom is -0.507 e. The topological polar surface area (TPSA) is 142 Å². The molecule has 0 aliphatic heterocycles. The number of carbonyl (C=O) groups is 2. The molecule has 194 valence electrons. The fraction of sp³-hybridized carbons (Fsp3) is 0.385. The molecule has 0 heterocycles. The highest BCUT2D eigenvalue weighted by molar-refractivity contribution is 5.90. The first-order valence-corrected chi connectivity index (χ1v) is 11.4. The molecule has 0 unspecified atom stereocenters. The van der Waals surface area contributed by atoms with Gasteiger partial charge in [-0.1, -0.05) is 0 Å². The van der Waals surface area contributed by atoms with Gasteiger partial charge < -0.3 is 19.7 Å². The van der Waals surface area contributed by atoms with Crippen LogP contribution in [0.4, 0.5) is 21.0 Å². The number of benzene rings is 2. The van der Waals surface area contributed by atoms with Crippen LogP contribution in [0.1, 0.15) is 52.7 Å². The fourth-order valence-corrected chi connectivity index (χ4v) is 2.76. The maximum absolute atomic E-state index is 11.9. The van der Waals surface area contributed by atoms with Crippen LogP contribution in [0.2, 0.25) is 0 Å². The van der Waals surface area contributed by atoms with E-state index >= 15 is 0 Å². The van der Waals surface area contributed by atoms with Crippen LogP contribution in [0.3, 0.4) is 0 Å². The monoisotopic (exact) mass is 498 g/mol. The van der Waals surface area contributed by atoms with Crippen molar-refractivity contribution in [1.29, 1.82) is 0 Å². The molecule has 0 saturated carbocycles. The van der Waals surface area contributed by atoms with Crippen molar-refractivity contribution in [3.05, 3.63) is 47.5 Å². The standard InChI is InChI=1S/C26H34N4O6/c1-25(2,3)35-23(33)29-19-7-9-21(31)17(13-19)15-27-11-12-28-16-18-14-20(8-10-22(18)32)30-24(34)36-26(4,5)6/h7-10,13-16,31-32H,11-12H2,1-6H3,(H,29,33)(H,30,34)/b27-15+,28-16+. The average Bonchev–Trinajstić information content (AvgIpc) is 2.72. The van der Waals surface area contributed by atoms with Crippen molar-refractivity contribution in [1.82, 2.24) is 0 Å². The smallest absolute Gasteiger partial charge is 0.412 e. The third kappa shape index (κ3) is 10.5. The summed E-state index contributed by atoms with van der Waals surface area (Å²) in [5.41, 5.74) is 0.503. The third-order valence-electron chi connectivity index (χ3n) is 4.16. The molecule has 0 bridgehead atoms. The number of anilines is 2. The van der Waals surface area contributed by atoms with E-state index in [0.717, 1.165) is 0 Å². The summed E-state index contributed by atoms with van der Waals surface area (Å²) in [7, 11) is 0. The minimum absolute atomic E-state index is 0.0104. The molecule has 2 aromatic rings. The number of aromatic hydroxyl groups is 2. The van der Waals surface area contributed by atoms with Crippen LogP contribution >= 0.6 is 0 Å². The molecular formula is C26H34N4O6. The largest absolute Gasteiger partial charge is 0.507 e. The summed E-state index contributed by atoms with van der Waals surface area (Å²) in [6.07, 6.45) is 1.76. The Kier molecular flexibility index (Phi) is 9.43. The molecule has 2 rings (SSSR count). The molecule has 0 spiro atoms. The summed E-state index contributed by atoms with van der Waals surface area (Å²) in [5.74, 6) is 0.0208. The van der Waals surface area contributed by atoms with E-state index in [1.165, 1.54) is 24.6 Å². The van der Waals surface area contributed by atoms with Crippen molar-refractivity contribution in [2.75, 3.05) is 23.7 Å². The number of phenolic OH excluding ortho intramolecular Hbond substituents is 2. The molecule has 36 heavy (non-hydrogen) atoms. The summed E-state index contributed by atoms with van der Waals surface area (Å²) in [6.45, 7) is 11.2. The second-order valence-corrected chi connectivity index (χ2v) is 9.87. The predicted octanol–water partition coefficient (Wildman–Crippen LogP) is 5.33. The van der Waals surface area contributed by atoms with Gasteiger partial charge in [0.25, 0.3) is 0 Å². The molecule has 0 aliphatic carbocycles. The fourth-order valence-electron chi connectivity index (χ4n) is 2.76. The normalized spacial score (nSPS) is 12.1. The predicted molar refractivity (Wildman–Crippen MR) is 141 cm³/mol. The van der Waals surface area contributed by atoms with Crippen molar-refractivity contribution >= 4 is 36.0 Å². The van der Waals surface area contributed by atoms with E-state index in [1.54, 1.807) is 65.8 Å². The summed E-state index contributed by atoms with van der Waals surface area (Å²) >= 11 is 0. The third-order valence-corrected chi connectivity index (χ3v) is 4.16. The molecule has 2 amide bonds. The highest BCUT2D eigenvalue weighted by Crippen LogP contribution is 2.22. The zero-order valence-corrected chi connectivity index (χ0v) is 21.5. The lowest BCUT2D eigenvalue weighted by molar-refractivity contribution is 0.0624. The first-order chi connectivity index (χ1) is 16.7. The maximum Gasteiger partial charge on any atom is 0.412 e. The SMILES string of the molecule is CC(C)(C)OC(=O)Nc1ccc(O)c(/C=N/CC/N=C/c2cc(NC(=O)OC(C)(C)C)ccc2O)c1. The number of phenols is 2. The Morgan fingerprint density at radius 2 is 1.11 bits per heavy atom. The van der Waals surface area contributed by atoms with E-state index in [-0.39, 0.29) is 11.5 Å². The molecule has 10 nitrogen and oxygen atoms in total. The number of carbonyl (C=O) groups excluding carboxylic acids is 2. The molecule has 0 fully saturated rings. The number of ether oxygens (including phenoxy) is 2. The number of amides is 2. The minimum atomic E-state index is -0.626. The Balaban J connectivity index is 1.93. The van der Waals surface area contributed by atoms with E-state index in [1.807, 2.05) is 0 Å². The second-order valence-electron chi connectivity index (χ2n) is 9.87. The molecule has 4 N–H and O–H groups in total. The first-order valence-electron chi connectivity index (χ1n) is 11.4. The molecule has 0 radical (unpaired) electrons. The molecule has 0 saturated heterocycles. The first kappa shape index (κ1) is 28.2. The van der Waals surface area contributed by atoms with Crippen LogP contribution in [-0.2, 0) is 9.47 Å². The van der Waals surface area contributed by atoms with E-state index < -0.39 is 23.4 Å². The summed E-state index contributed by atoms with van der Waals surface area (Å²) in [4.78, 5) is 32.4. The number of nitrogens with one attached hydrogen (secondary N) is 2. The van der Waals surface area contributed by atoms with Crippen LogP contribution in [0, 0.1) is 0 Å². The van der Waals surface area contributed by atoms with Gasteiger partial charge in [0, 0.05) is 34.9 Å². The number of hydrogen-bond acceptors (Lipinski definition) is 8. The number of aliphatic imine (C=N–C) groups is 2. The number of rotatable bonds is 7. The van der Waals surface area contributed by atoms with E-state index in [4.69, 9.17) is 9.47 Å². The summed E-state index contributed by atoms with van der Waals surface area (Å²) in [5, 5.41) is 25.3. The number of hydrogen-bond donors (Lipinski definition) is 4. The van der Waals surface area contributed by atoms with Crippen molar-refractivity contribution < 1.29 is 29.3 Å². The highest BCUT2D eigenvalue weighted by atomic mass is 16.6. The van der Waals surface area contributed by atoms with Gasteiger partial charge in [0.2, 0.25) is 0 Å². The van der Waals surface area contributed by atoms with Gasteiger partial charge in [-0.05, 0) is 77.9 Å². The molecule has 2 aromatic carbocycles. The van der Waals surface area contributed by atoms with Gasteiger partial charge in [-0.25, -0.2) is 9.59 Å². The van der Waals surface area contributed by atoms with Gasteiger partial charge in [0.05, 0.1) is 13.1 Å². The average molecular weight is 499 g/mol. The number of nitrogens with zero attached hydrogens (tertiary/aromatic N) is 2. The van der Waals surface area contributed by atoms with Gasteiger partial charge >= 0.3 is 12.2 Å². The van der Waals surface area contributed by atoms with Gasteiger partial charge in [-0.2, -0.15) is 0 Å². The Morgan fingerprint density at radius 3 is 1.44 bits per heavy atom. The second kappa shape index (κ2) is 12.1. The Labute approximate surface area is 211 Å². The van der Waals surface area contributed by atoms with Crippen molar-refractivity contribution in [3.63, 3.8) is 0 Å². The van der Waals surface area contributed by atoms with Gasteiger partial charge in [0.15, 0.2) is 0 Å². The van der Waals surface area contributed by atoms with E-state index in [2.05, 4.69) is 20.6 Å². The van der Waals surface area contributed by atoms with Gasteiger partial charge in [-0.3, -0.25) is 20.6 Å². The Morgan fingerprint density at radius 1 is 0.750 bits per heavy atom. The van der Waals surface area contributed by atoms with Crippen molar-refractivity contribution in [3.8, 4) is 11.5 Å². The summed E-state index contributed by atoms with van der Waals surface area (Å²) in [6, 6.07) is 9.17. The van der Waals surface area contributed by atoms with Crippen LogP contribution in [-0.4, -0.2) is 59.1 Å². The zero-order valence-electron chi connectivity index (χ0n) is 21.5. The Bertz CT molecular complexity index is 1040. The van der Waals surface area contributed by atoms with Crippen LogP contribution in [0.5, 0.6) is 11.5 Å². The van der Waals surface area contributed by atoms with E-state index in [9.17, 15) is 19.8 Å². The van der Waals surface area contributed by atoms with Crippen LogP contribution in [0.25, 0.3) is 0 Å². The quantitative estimate of drug-likeness (QED) is 0.231. The zero-order chi connectivity index (χ0) is 26.9. The molecule has 0 aliphatic rings. The highest BCUT2D eigenvalue weighted by Gasteiger charge is 2.17. The molecular weight excluding hydrogens is 464 g/mol. The summed E-state index contributed by atoms with van der Waals surface area (Å²) < 4.78 is 10.4. The molecule has 0 aromatic heterocycles. The molecule has 0 atom stereocenters. The lowest BCUT2D eigenvalue weighted by atomic mass is 10.2. The van der Waals surface area contributed by atoms with Gasteiger partial charge in [-0.15, -0.1) is 0 Å². The van der Waals surface area contributed by atoms with Crippen molar-refractivity contribution in [2.24, 2.45) is 9.98 Å². The van der Waals surface area contributed by atoms with E-state index in [0.29, 0.717) is 35.6 Å². The maximum atomic E-state index is 11.9. The Hall–Kier alpha value is -4.08. The van der Waals surface area contributed by atoms with Crippen LogP contribution in [0.15, 0.2) is 46.4 Å².